The van der Waals surface area contributed by atoms with Gasteiger partial charge in [0.05, 0.1) is 10.0 Å². The van der Waals surface area contributed by atoms with Crippen LogP contribution in [-0.4, -0.2) is 17.9 Å². The summed E-state index contributed by atoms with van der Waals surface area (Å²) in [4.78, 5) is 16.3. The molecule has 1 aromatic carbocycles. The molecular weight excluding hydrogens is 323 g/mol. The van der Waals surface area contributed by atoms with Crippen LogP contribution in [0.2, 0.25) is 15.1 Å². The van der Waals surface area contributed by atoms with Gasteiger partial charge in [-0.1, -0.05) is 34.8 Å². The molecule has 2 heterocycles. The summed E-state index contributed by atoms with van der Waals surface area (Å²) in [5.41, 5.74) is 1.00. The monoisotopic (exact) mass is 328 g/mol. The minimum absolute atomic E-state index is 0.272. The first-order valence-corrected chi connectivity index (χ1v) is 6.80. The summed E-state index contributed by atoms with van der Waals surface area (Å²) < 4.78 is 0. The van der Waals surface area contributed by atoms with Crippen LogP contribution < -0.4 is 5.32 Å². The number of amidine groups is 1. The minimum Gasteiger partial charge on any atom is -0.330 e. The van der Waals surface area contributed by atoms with Gasteiger partial charge in [0.1, 0.15) is 17.4 Å². The van der Waals surface area contributed by atoms with Crippen molar-refractivity contribution in [2.45, 2.75) is 13.1 Å². The van der Waals surface area contributed by atoms with E-state index < -0.39 is 0 Å². The van der Waals surface area contributed by atoms with Gasteiger partial charge in [-0.3, -0.25) is 4.79 Å². The fraction of sp³-hybridized carbons (Fsp3) is 0.167. The molecular formula is C12H7Cl3N4O. The van der Waals surface area contributed by atoms with E-state index in [1.807, 2.05) is 0 Å². The van der Waals surface area contributed by atoms with Crippen molar-refractivity contribution in [2.75, 3.05) is 0 Å². The molecule has 1 unspecified atom stereocenters. The maximum absolute atomic E-state index is 12.1. The SMILES string of the molecule is CC1N=C2N=NC(c3c(Cl)cc(Cl)cc3Cl)=C2C(=O)N1. The molecule has 0 bridgehead atoms. The number of rotatable bonds is 1. The molecule has 2 aliphatic heterocycles. The predicted molar refractivity (Wildman–Crippen MR) is 78.3 cm³/mol. The van der Waals surface area contributed by atoms with Gasteiger partial charge in [-0.15, -0.1) is 10.2 Å². The molecule has 2 aliphatic rings. The van der Waals surface area contributed by atoms with Crippen molar-refractivity contribution >= 4 is 52.2 Å². The number of carbonyl (C=O) groups is 1. The molecule has 8 heteroatoms. The number of nitrogens with one attached hydrogen (secondary N) is 1. The van der Waals surface area contributed by atoms with Gasteiger partial charge < -0.3 is 5.32 Å². The molecule has 1 aromatic rings. The molecule has 0 aromatic heterocycles. The van der Waals surface area contributed by atoms with Crippen molar-refractivity contribution in [3.8, 4) is 0 Å². The van der Waals surface area contributed by atoms with Crippen LogP contribution in [0.25, 0.3) is 5.70 Å². The zero-order valence-electron chi connectivity index (χ0n) is 10.1. The Kier molecular flexibility index (Phi) is 3.28. The standard InChI is InChI=1S/C12H7Cl3N4O/c1-4-16-11-9(12(20)17-4)10(18-19-11)8-6(14)2-5(13)3-7(8)15/h2-4H,1H3,(H,17,20). The Balaban J connectivity index is 2.24. The summed E-state index contributed by atoms with van der Waals surface area (Å²) in [7, 11) is 0. The molecule has 1 N–H and O–H groups in total. The lowest BCUT2D eigenvalue weighted by Gasteiger charge is -2.17. The first kappa shape index (κ1) is 13.5. The van der Waals surface area contributed by atoms with Crippen LogP contribution in [0.3, 0.4) is 0 Å². The lowest BCUT2D eigenvalue weighted by Crippen LogP contribution is -2.39. The van der Waals surface area contributed by atoms with E-state index in [9.17, 15) is 4.79 Å². The molecule has 0 fully saturated rings. The summed E-state index contributed by atoms with van der Waals surface area (Å²) in [6, 6.07) is 3.07. The molecule has 102 valence electrons. The van der Waals surface area contributed by atoms with E-state index in [-0.39, 0.29) is 17.6 Å². The predicted octanol–water partition coefficient (Wildman–Crippen LogP) is 3.70. The van der Waals surface area contributed by atoms with Gasteiger partial charge in [-0.2, -0.15) is 0 Å². The third-order valence-electron chi connectivity index (χ3n) is 2.83. The normalized spacial score (nSPS) is 20.9. The summed E-state index contributed by atoms with van der Waals surface area (Å²) >= 11 is 18.2. The van der Waals surface area contributed by atoms with E-state index in [1.165, 1.54) is 12.1 Å². The van der Waals surface area contributed by atoms with Crippen LogP contribution in [0, 0.1) is 0 Å². The van der Waals surface area contributed by atoms with Crippen molar-refractivity contribution in [1.82, 2.24) is 5.32 Å². The highest BCUT2D eigenvalue weighted by Gasteiger charge is 2.33. The van der Waals surface area contributed by atoms with Crippen LogP contribution in [0.1, 0.15) is 12.5 Å². The molecule has 0 saturated heterocycles. The van der Waals surface area contributed by atoms with Gasteiger partial charge in [0.15, 0.2) is 5.84 Å². The topological polar surface area (TPSA) is 66.2 Å². The third kappa shape index (κ3) is 2.12. The molecule has 0 saturated carbocycles. The molecule has 3 rings (SSSR count). The summed E-state index contributed by atoms with van der Waals surface area (Å²) in [6.45, 7) is 1.75. The molecule has 5 nitrogen and oxygen atoms in total. The number of hydrogen-bond acceptors (Lipinski definition) is 4. The van der Waals surface area contributed by atoms with Gasteiger partial charge in [0.2, 0.25) is 0 Å². The van der Waals surface area contributed by atoms with Gasteiger partial charge in [-0.25, -0.2) is 4.99 Å². The van der Waals surface area contributed by atoms with Crippen molar-refractivity contribution < 1.29 is 4.79 Å². The molecule has 20 heavy (non-hydrogen) atoms. The Hall–Kier alpha value is -1.43. The van der Waals surface area contributed by atoms with E-state index in [0.717, 1.165) is 0 Å². The van der Waals surface area contributed by atoms with E-state index >= 15 is 0 Å². The highest BCUT2D eigenvalue weighted by atomic mass is 35.5. The number of aliphatic imine (C=N–C) groups is 1. The molecule has 0 aliphatic carbocycles. The number of azo groups is 1. The highest BCUT2D eigenvalue weighted by Crippen LogP contribution is 2.39. The quantitative estimate of drug-likeness (QED) is 0.838. The number of benzene rings is 1. The number of fused-ring (bicyclic) bond motifs is 1. The fourth-order valence-electron chi connectivity index (χ4n) is 2.02. The lowest BCUT2D eigenvalue weighted by atomic mass is 10.0. The van der Waals surface area contributed by atoms with Crippen molar-refractivity contribution in [2.24, 2.45) is 15.2 Å². The van der Waals surface area contributed by atoms with Gasteiger partial charge >= 0.3 is 0 Å². The third-order valence-corrected chi connectivity index (χ3v) is 3.65. The first-order valence-electron chi connectivity index (χ1n) is 5.67. The molecule has 0 spiro atoms. The zero-order valence-corrected chi connectivity index (χ0v) is 12.4. The Bertz CT molecular complexity index is 700. The number of amides is 1. The van der Waals surface area contributed by atoms with E-state index in [2.05, 4.69) is 20.5 Å². The van der Waals surface area contributed by atoms with E-state index in [4.69, 9.17) is 34.8 Å². The Labute approximate surface area is 129 Å². The minimum atomic E-state index is -0.337. The first-order chi connectivity index (χ1) is 9.47. The van der Waals surface area contributed by atoms with Gasteiger partial charge in [-0.05, 0) is 19.1 Å². The largest absolute Gasteiger partial charge is 0.330 e. The average Bonchev–Trinajstić information content (AvgIpc) is 2.71. The highest BCUT2D eigenvalue weighted by molar-refractivity contribution is 6.41. The van der Waals surface area contributed by atoms with Crippen LogP contribution in [-0.2, 0) is 4.79 Å². The number of carbonyl (C=O) groups excluding carboxylic acids is 1. The van der Waals surface area contributed by atoms with Crippen LogP contribution in [0.5, 0.6) is 0 Å². The summed E-state index contributed by atoms with van der Waals surface area (Å²) in [5.74, 6) is -0.0112. The molecule has 1 atom stereocenters. The van der Waals surface area contributed by atoms with Crippen LogP contribution in [0.15, 0.2) is 32.9 Å². The maximum Gasteiger partial charge on any atom is 0.259 e. The van der Waals surface area contributed by atoms with Crippen LogP contribution >= 0.6 is 34.8 Å². The Morgan fingerprint density at radius 3 is 2.45 bits per heavy atom. The zero-order chi connectivity index (χ0) is 14.4. The fourth-order valence-corrected chi connectivity index (χ4v) is 3.02. The average molecular weight is 330 g/mol. The Morgan fingerprint density at radius 2 is 1.80 bits per heavy atom. The second-order valence-corrected chi connectivity index (χ2v) is 5.52. The van der Waals surface area contributed by atoms with Crippen molar-refractivity contribution in [3.05, 3.63) is 38.3 Å². The van der Waals surface area contributed by atoms with Crippen molar-refractivity contribution in [1.29, 1.82) is 0 Å². The lowest BCUT2D eigenvalue weighted by molar-refractivity contribution is -0.117. The summed E-state index contributed by atoms with van der Waals surface area (Å²) in [6.07, 6.45) is -0.337. The van der Waals surface area contributed by atoms with Crippen molar-refractivity contribution in [3.63, 3.8) is 0 Å². The second-order valence-electron chi connectivity index (χ2n) is 4.27. The van der Waals surface area contributed by atoms with Gasteiger partial charge in [0, 0.05) is 10.6 Å². The number of hydrogen-bond donors (Lipinski definition) is 1. The molecule has 1 amide bonds. The van der Waals surface area contributed by atoms with E-state index in [1.54, 1.807) is 6.92 Å². The van der Waals surface area contributed by atoms with Gasteiger partial charge in [0.25, 0.3) is 5.91 Å². The number of nitrogens with zero attached hydrogens (tertiary/aromatic N) is 3. The number of halogens is 3. The van der Waals surface area contributed by atoms with E-state index in [0.29, 0.717) is 32.2 Å². The Morgan fingerprint density at radius 1 is 1.15 bits per heavy atom. The second kappa shape index (κ2) is 4.84. The smallest absolute Gasteiger partial charge is 0.259 e. The molecule has 0 radical (unpaired) electrons. The van der Waals surface area contributed by atoms with Crippen LogP contribution in [0.4, 0.5) is 0 Å². The maximum atomic E-state index is 12.1. The summed E-state index contributed by atoms with van der Waals surface area (Å²) in [5, 5.41) is 11.6.